The Bertz CT molecular complexity index is 658. The van der Waals surface area contributed by atoms with Gasteiger partial charge in [-0.3, -0.25) is 4.21 Å². The highest BCUT2D eigenvalue weighted by atomic mass is 32.2. The van der Waals surface area contributed by atoms with Crippen LogP contribution in [0.4, 0.5) is 10.1 Å². The molecule has 0 aromatic heterocycles. The fourth-order valence-electron chi connectivity index (χ4n) is 1.89. The second-order valence-corrected chi connectivity index (χ2v) is 5.90. The van der Waals surface area contributed by atoms with Crippen molar-refractivity contribution in [3.8, 4) is 5.75 Å². The number of halogens is 1. The maximum absolute atomic E-state index is 13.6. The minimum Gasteiger partial charge on any atom is -0.494 e. The molecule has 1 atom stereocenters. The van der Waals surface area contributed by atoms with E-state index in [0.29, 0.717) is 16.1 Å². The molecule has 5 heteroatoms. The van der Waals surface area contributed by atoms with E-state index in [-0.39, 0.29) is 11.5 Å². The molecule has 0 saturated carbocycles. The Morgan fingerprint density at radius 1 is 1.25 bits per heavy atom. The van der Waals surface area contributed by atoms with Gasteiger partial charge in [0.2, 0.25) is 0 Å². The Balaban J connectivity index is 2.23. The molecule has 0 spiro atoms. The third-order valence-electron chi connectivity index (χ3n) is 2.97. The number of hydrogen-bond acceptors (Lipinski definition) is 3. The fraction of sp³-hybridized carbons (Fsp3) is 0.200. The molecule has 0 heterocycles. The van der Waals surface area contributed by atoms with Crippen molar-refractivity contribution in [2.75, 3.05) is 12.8 Å². The van der Waals surface area contributed by atoms with Gasteiger partial charge in [-0.15, -0.1) is 0 Å². The molecule has 3 nitrogen and oxygen atoms in total. The van der Waals surface area contributed by atoms with Gasteiger partial charge in [0.25, 0.3) is 0 Å². The van der Waals surface area contributed by atoms with Crippen LogP contribution >= 0.6 is 0 Å². The van der Waals surface area contributed by atoms with E-state index in [1.807, 2.05) is 13.0 Å². The highest BCUT2D eigenvalue weighted by Gasteiger charge is 2.11. The van der Waals surface area contributed by atoms with Crippen LogP contribution in [0.2, 0.25) is 0 Å². The summed E-state index contributed by atoms with van der Waals surface area (Å²) in [5.41, 5.74) is 7.84. The number of aryl methyl sites for hydroxylation is 1. The average molecular weight is 293 g/mol. The van der Waals surface area contributed by atoms with Gasteiger partial charge < -0.3 is 10.5 Å². The maximum atomic E-state index is 13.6. The van der Waals surface area contributed by atoms with Crippen molar-refractivity contribution in [2.24, 2.45) is 0 Å². The van der Waals surface area contributed by atoms with E-state index >= 15 is 0 Å². The zero-order valence-electron chi connectivity index (χ0n) is 11.4. The lowest BCUT2D eigenvalue weighted by Gasteiger charge is -2.08. The number of methoxy groups -OCH3 is 1. The number of rotatable bonds is 4. The van der Waals surface area contributed by atoms with E-state index < -0.39 is 16.6 Å². The topological polar surface area (TPSA) is 52.3 Å². The zero-order valence-corrected chi connectivity index (χ0v) is 12.2. The van der Waals surface area contributed by atoms with Gasteiger partial charge in [0.1, 0.15) is 0 Å². The summed E-state index contributed by atoms with van der Waals surface area (Å²) in [6, 6.07) is 9.89. The highest BCUT2D eigenvalue weighted by Crippen LogP contribution is 2.22. The Labute approximate surface area is 120 Å². The first-order valence-electron chi connectivity index (χ1n) is 6.08. The Morgan fingerprint density at radius 2 is 2.00 bits per heavy atom. The summed E-state index contributed by atoms with van der Waals surface area (Å²) in [4.78, 5) is 0.682. The lowest BCUT2D eigenvalue weighted by molar-refractivity contribution is 0.386. The van der Waals surface area contributed by atoms with Gasteiger partial charge >= 0.3 is 0 Å². The van der Waals surface area contributed by atoms with Crippen molar-refractivity contribution >= 4 is 16.5 Å². The molecule has 106 valence electrons. The van der Waals surface area contributed by atoms with Crippen LogP contribution in [0.3, 0.4) is 0 Å². The first kappa shape index (κ1) is 14.5. The first-order chi connectivity index (χ1) is 9.51. The van der Waals surface area contributed by atoms with Crippen LogP contribution in [0.5, 0.6) is 5.75 Å². The lowest BCUT2D eigenvalue weighted by Crippen LogP contribution is -2.01. The molecule has 0 radical (unpaired) electrons. The molecule has 2 N–H and O–H groups in total. The molecule has 0 fully saturated rings. The van der Waals surface area contributed by atoms with Crippen LogP contribution in [0.25, 0.3) is 0 Å². The number of anilines is 1. The van der Waals surface area contributed by atoms with Crippen molar-refractivity contribution in [1.29, 1.82) is 0 Å². The summed E-state index contributed by atoms with van der Waals surface area (Å²) >= 11 is 0. The molecule has 0 amide bonds. The fourth-order valence-corrected chi connectivity index (χ4v) is 3.22. The Kier molecular flexibility index (Phi) is 4.39. The number of nitrogen functional groups attached to an aromatic ring is 1. The van der Waals surface area contributed by atoms with Gasteiger partial charge in [0.15, 0.2) is 11.6 Å². The van der Waals surface area contributed by atoms with E-state index in [1.54, 1.807) is 18.2 Å². The van der Waals surface area contributed by atoms with Gasteiger partial charge in [0, 0.05) is 10.6 Å². The summed E-state index contributed by atoms with van der Waals surface area (Å²) in [7, 11) is 0.149. The molecule has 0 bridgehead atoms. The minimum absolute atomic E-state index is 0.180. The molecule has 0 saturated heterocycles. The van der Waals surface area contributed by atoms with Gasteiger partial charge in [0.05, 0.1) is 23.7 Å². The summed E-state index contributed by atoms with van der Waals surface area (Å²) in [5.74, 6) is -0.0310. The van der Waals surface area contributed by atoms with Gasteiger partial charge in [-0.2, -0.15) is 0 Å². The first-order valence-corrected chi connectivity index (χ1v) is 7.40. The second kappa shape index (κ2) is 6.05. The molecule has 1 unspecified atom stereocenters. The molecule has 20 heavy (non-hydrogen) atoms. The van der Waals surface area contributed by atoms with E-state index in [2.05, 4.69) is 0 Å². The molecule has 2 rings (SSSR count). The standard InChI is InChI=1S/C15H16FNO2S/c1-10-3-5-12(17)8-15(10)20(18)9-11-4-6-14(19-2)13(16)7-11/h3-8H,9,17H2,1-2H3. The summed E-state index contributed by atoms with van der Waals surface area (Å²) in [6.45, 7) is 1.88. The quantitative estimate of drug-likeness (QED) is 0.882. The third-order valence-corrected chi connectivity index (χ3v) is 4.50. The summed E-state index contributed by atoms with van der Waals surface area (Å²) < 4.78 is 30.8. The SMILES string of the molecule is COc1ccc(CS(=O)c2cc(N)ccc2C)cc1F. The molecular formula is C15H16FNO2S. The largest absolute Gasteiger partial charge is 0.494 e. The van der Waals surface area contributed by atoms with Crippen LogP contribution < -0.4 is 10.5 Å². The van der Waals surface area contributed by atoms with Gasteiger partial charge in [-0.25, -0.2) is 4.39 Å². The van der Waals surface area contributed by atoms with E-state index in [4.69, 9.17) is 10.5 Å². The van der Waals surface area contributed by atoms with E-state index in [1.165, 1.54) is 19.2 Å². The Morgan fingerprint density at radius 3 is 2.65 bits per heavy atom. The maximum Gasteiger partial charge on any atom is 0.165 e. The smallest absolute Gasteiger partial charge is 0.165 e. The van der Waals surface area contributed by atoms with Crippen LogP contribution in [0.15, 0.2) is 41.3 Å². The zero-order chi connectivity index (χ0) is 14.7. The monoisotopic (exact) mass is 293 g/mol. The van der Waals surface area contributed by atoms with Crippen molar-refractivity contribution in [3.05, 3.63) is 53.3 Å². The normalized spacial score (nSPS) is 12.2. The Hall–Kier alpha value is -1.88. The third kappa shape index (κ3) is 3.17. The van der Waals surface area contributed by atoms with E-state index in [0.717, 1.165) is 5.56 Å². The minimum atomic E-state index is -1.26. The molecule has 2 aromatic carbocycles. The van der Waals surface area contributed by atoms with Crippen LogP contribution in [0.1, 0.15) is 11.1 Å². The number of hydrogen-bond donors (Lipinski definition) is 1. The average Bonchev–Trinajstić information content (AvgIpc) is 2.41. The molecular weight excluding hydrogens is 277 g/mol. The number of nitrogens with two attached hydrogens (primary N) is 1. The summed E-state index contributed by atoms with van der Waals surface area (Å²) in [6.07, 6.45) is 0. The number of ether oxygens (including phenoxy) is 1. The van der Waals surface area contributed by atoms with Crippen LogP contribution in [-0.2, 0) is 16.6 Å². The molecule has 2 aromatic rings. The second-order valence-electron chi connectivity index (χ2n) is 4.48. The predicted molar refractivity (Wildman–Crippen MR) is 78.7 cm³/mol. The number of benzene rings is 2. The molecule has 0 aliphatic rings. The van der Waals surface area contributed by atoms with Crippen LogP contribution in [0, 0.1) is 12.7 Å². The van der Waals surface area contributed by atoms with Crippen molar-refractivity contribution in [1.82, 2.24) is 0 Å². The predicted octanol–water partition coefficient (Wildman–Crippen LogP) is 3.03. The molecule has 0 aliphatic carbocycles. The highest BCUT2D eigenvalue weighted by molar-refractivity contribution is 7.84. The van der Waals surface area contributed by atoms with Gasteiger partial charge in [-0.05, 0) is 42.3 Å². The molecule has 0 aliphatic heterocycles. The van der Waals surface area contributed by atoms with Gasteiger partial charge in [-0.1, -0.05) is 12.1 Å². The van der Waals surface area contributed by atoms with Crippen molar-refractivity contribution in [2.45, 2.75) is 17.6 Å². The van der Waals surface area contributed by atoms with Crippen LogP contribution in [-0.4, -0.2) is 11.3 Å². The lowest BCUT2D eigenvalue weighted by atomic mass is 10.2. The summed E-state index contributed by atoms with van der Waals surface area (Å²) in [5, 5.41) is 0. The van der Waals surface area contributed by atoms with Crippen molar-refractivity contribution in [3.63, 3.8) is 0 Å². The van der Waals surface area contributed by atoms with Crippen molar-refractivity contribution < 1.29 is 13.3 Å². The van der Waals surface area contributed by atoms with E-state index in [9.17, 15) is 8.60 Å².